The van der Waals surface area contributed by atoms with Crippen molar-refractivity contribution in [3.05, 3.63) is 105 Å². The van der Waals surface area contributed by atoms with Crippen LogP contribution in [0.4, 0.5) is 8.78 Å². The summed E-state index contributed by atoms with van der Waals surface area (Å²) in [6.45, 7) is 12.9. The molecular weight excluding hydrogens is 635 g/mol. The maximum absolute atomic E-state index is 17.3. The third-order valence-electron chi connectivity index (χ3n) is 8.63. The maximum atomic E-state index is 17.3. The molecule has 10 heteroatoms. The van der Waals surface area contributed by atoms with E-state index in [1.54, 1.807) is 48.5 Å². The Morgan fingerprint density at radius 3 is 1.02 bits per heavy atom. The molecule has 0 heterocycles. The van der Waals surface area contributed by atoms with Crippen LogP contribution in [0.15, 0.2) is 59.7 Å². The van der Waals surface area contributed by atoms with E-state index < -0.39 is 61.2 Å². The molecule has 0 saturated heterocycles. The molecule has 0 bridgehead atoms. The number of hydrogen-bond acceptors (Lipinski definition) is 6. The first kappa shape index (κ1) is 33.2. The van der Waals surface area contributed by atoms with E-state index in [0.717, 1.165) is 10.4 Å². The van der Waals surface area contributed by atoms with Crippen molar-refractivity contribution in [3.63, 3.8) is 0 Å². The molecule has 48 heavy (non-hydrogen) atoms. The van der Waals surface area contributed by atoms with Crippen LogP contribution >= 0.6 is 0 Å². The molecule has 3 aromatic carbocycles. The van der Waals surface area contributed by atoms with Crippen molar-refractivity contribution in [1.82, 2.24) is 0 Å². The summed E-state index contributed by atoms with van der Waals surface area (Å²) in [5, 5.41) is 63.1. The monoisotopic (exact) mass is 660 g/mol. The van der Waals surface area contributed by atoms with Gasteiger partial charge < -0.3 is 0 Å². The first-order valence-electron chi connectivity index (χ1n) is 14.9. The number of nitriles is 6. The van der Waals surface area contributed by atoms with Gasteiger partial charge in [0.15, 0.2) is 0 Å². The van der Waals surface area contributed by atoms with Crippen molar-refractivity contribution in [1.29, 1.82) is 31.6 Å². The fourth-order valence-corrected chi connectivity index (χ4v) is 8.56. The average molecular weight is 661 g/mol. The SMILES string of the molecule is C[Si](C)(C)c1ccc(C2=C(C#N)c3c(F)c4c(c(F)c3C2=C(C#N)C#N)C(=C(C#N)C#N)C(c2ccc([Si](C)(C)C)cc2)=C4C#N)cc1. The van der Waals surface area contributed by atoms with E-state index in [1.807, 2.05) is 36.4 Å². The minimum absolute atomic E-state index is 0.00478. The summed E-state index contributed by atoms with van der Waals surface area (Å²) in [7, 11) is -3.52. The maximum Gasteiger partial charge on any atom is 0.141 e. The van der Waals surface area contributed by atoms with Gasteiger partial charge in [0.25, 0.3) is 0 Å². The molecule has 6 nitrogen and oxygen atoms in total. The Bertz CT molecular complexity index is 2160. The van der Waals surface area contributed by atoms with Crippen LogP contribution in [0.25, 0.3) is 33.4 Å². The van der Waals surface area contributed by atoms with E-state index in [9.17, 15) is 31.6 Å². The molecule has 0 radical (unpaired) electrons. The second-order valence-electron chi connectivity index (χ2n) is 13.5. The van der Waals surface area contributed by atoms with Crippen LogP contribution < -0.4 is 10.4 Å². The van der Waals surface area contributed by atoms with Crippen molar-refractivity contribution in [3.8, 4) is 36.4 Å². The second-order valence-corrected chi connectivity index (χ2v) is 23.6. The Hall–Kier alpha value is -6.15. The topological polar surface area (TPSA) is 143 Å². The minimum atomic E-state index is -1.76. The number of hydrogen-bond donors (Lipinski definition) is 0. The van der Waals surface area contributed by atoms with Gasteiger partial charge in [0.05, 0.1) is 27.3 Å². The van der Waals surface area contributed by atoms with Gasteiger partial charge in [-0.2, -0.15) is 31.6 Å². The van der Waals surface area contributed by atoms with E-state index >= 15 is 8.78 Å². The lowest BCUT2D eigenvalue weighted by Crippen LogP contribution is -2.37. The summed E-state index contributed by atoms with van der Waals surface area (Å²) >= 11 is 0. The van der Waals surface area contributed by atoms with Crippen molar-refractivity contribution in [2.75, 3.05) is 0 Å². The number of rotatable bonds is 4. The third-order valence-corrected chi connectivity index (χ3v) is 12.8. The summed E-state index contributed by atoms with van der Waals surface area (Å²) in [5.41, 5.74) is -3.51. The molecule has 3 aromatic rings. The fraction of sp³-hybridized carbons (Fsp3) is 0.158. The zero-order valence-corrected chi connectivity index (χ0v) is 29.1. The van der Waals surface area contributed by atoms with Gasteiger partial charge in [0.2, 0.25) is 0 Å². The highest BCUT2D eigenvalue weighted by molar-refractivity contribution is 6.89. The Kier molecular flexibility index (Phi) is 8.23. The first-order valence-corrected chi connectivity index (χ1v) is 21.9. The summed E-state index contributed by atoms with van der Waals surface area (Å²) in [4.78, 5) is 0. The molecule has 0 atom stereocenters. The van der Waals surface area contributed by atoms with Gasteiger partial charge in [-0.1, -0.05) is 98.2 Å². The van der Waals surface area contributed by atoms with Gasteiger partial charge in [-0.05, 0) is 11.1 Å². The lowest BCUT2D eigenvalue weighted by molar-refractivity contribution is 0.590. The van der Waals surface area contributed by atoms with Gasteiger partial charge >= 0.3 is 0 Å². The Balaban J connectivity index is 1.95. The smallest absolute Gasteiger partial charge is 0.141 e. The van der Waals surface area contributed by atoms with Crippen LogP contribution in [0.2, 0.25) is 39.3 Å². The number of benzene rings is 3. The molecule has 5 rings (SSSR count). The molecule has 0 N–H and O–H groups in total. The van der Waals surface area contributed by atoms with Crippen LogP contribution in [0, 0.1) is 79.6 Å². The molecule has 230 valence electrons. The quantitative estimate of drug-likeness (QED) is 0.209. The highest BCUT2D eigenvalue weighted by atomic mass is 28.3. The fourth-order valence-electron chi connectivity index (χ4n) is 6.23. The Morgan fingerprint density at radius 1 is 0.479 bits per heavy atom. The summed E-state index contributed by atoms with van der Waals surface area (Å²) in [5.74, 6) is -2.28. The molecule has 0 fully saturated rings. The summed E-state index contributed by atoms with van der Waals surface area (Å²) in [6, 6.07) is 25.3. The predicted molar refractivity (Wildman–Crippen MR) is 186 cm³/mol. The third kappa shape index (κ3) is 4.99. The van der Waals surface area contributed by atoms with Crippen LogP contribution in [-0.2, 0) is 0 Å². The Morgan fingerprint density at radius 2 is 0.771 bits per heavy atom. The number of halogens is 2. The van der Waals surface area contributed by atoms with Gasteiger partial charge in [-0.25, -0.2) is 8.78 Å². The molecule has 0 unspecified atom stereocenters. The lowest BCUT2D eigenvalue weighted by atomic mass is 9.88. The highest BCUT2D eigenvalue weighted by Gasteiger charge is 2.44. The Labute approximate surface area is 280 Å². The standard InChI is InChI=1S/C38H26F2N6Si2/c1-47(2,3)25-11-7-21(8-12-25)29-27(19-45)33-35(31(29)23(15-41)16-42)38(40)36-32(24(17-43)18-44)30(28(20-46)34(36)37(33)39)22-9-13-26(14-10-22)48(4,5)6/h7-14H,1-6H3. The van der Waals surface area contributed by atoms with Crippen LogP contribution in [0.5, 0.6) is 0 Å². The molecule has 0 aliphatic heterocycles. The molecule has 0 spiro atoms. The zero-order chi connectivity index (χ0) is 35.3. The molecule has 0 amide bonds. The molecular formula is C38H26F2N6Si2. The summed E-state index contributed by atoms with van der Waals surface area (Å²) in [6.07, 6.45) is 0. The molecule has 0 saturated carbocycles. The first-order chi connectivity index (χ1) is 22.7. The van der Waals surface area contributed by atoms with Crippen LogP contribution in [0.1, 0.15) is 33.4 Å². The predicted octanol–water partition coefficient (Wildman–Crippen LogP) is 7.55. The van der Waals surface area contributed by atoms with Crippen LogP contribution in [0.3, 0.4) is 0 Å². The van der Waals surface area contributed by atoms with Crippen LogP contribution in [-0.4, -0.2) is 16.1 Å². The zero-order valence-electron chi connectivity index (χ0n) is 27.1. The van der Waals surface area contributed by atoms with E-state index in [4.69, 9.17) is 0 Å². The van der Waals surface area contributed by atoms with Crippen molar-refractivity contribution < 1.29 is 8.78 Å². The highest BCUT2D eigenvalue weighted by Crippen LogP contribution is 2.57. The van der Waals surface area contributed by atoms with E-state index in [0.29, 0.717) is 11.1 Å². The van der Waals surface area contributed by atoms with Crippen molar-refractivity contribution in [2.24, 2.45) is 0 Å². The average Bonchev–Trinajstić information content (AvgIpc) is 3.59. The van der Waals surface area contributed by atoms with Crippen molar-refractivity contribution >= 4 is 60.0 Å². The molecule has 2 aliphatic carbocycles. The minimum Gasteiger partial charge on any atom is -0.206 e. The summed E-state index contributed by atoms with van der Waals surface area (Å²) < 4.78 is 34.5. The lowest BCUT2D eigenvalue weighted by Gasteiger charge is -2.18. The number of fused-ring (bicyclic) bond motifs is 2. The van der Waals surface area contributed by atoms with Crippen molar-refractivity contribution in [2.45, 2.75) is 39.3 Å². The van der Waals surface area contributed by atoms with Gasteiger partial charge in [-0.15, -0.1) is 0 Å². The molecule has 0 aromatic heterocycles. The number of nitrogens with zero attached hydrogens (tertiary/aromatic N) is 6. The van der Waals surface area contributed by atoms with Gasteiger partial charge in [0.1, 0.15) is 59.2 Å². The van der Waals surface area contributed by atoms with Gasteiger partial charge in [0, 0.05) is 44.5 Å². The molecule has 2 aliphatic rings. The normalized spacial score (nSPS) is 13.5. The van der Waals surface area contributed by atoms with E-state index in [2.05, 4.69) is 39.3 Å². The largest absolute Gasteiger partial charge is 0.206 e. The van der Waals surface area contributed by atoms with E-state index in [-0.39, 0.29) is 33.4 Å². The number of allylic oxidation sites excluding steroid dienone is 8. The van der Waals surface area contributed by atoms with Gasteiger partial charge in [-0.3, -0.25) is 0 Å². The van der Waals surface area contributed by atoms with E-state index in [1.165, 1.54) is 0 Å². The second kappa shape index (κ2) is 11.9.